The van der Waals surface area contributed by atoms with Crippen LogP contribution in [0.25, 0.3) is 22.0 Å². The maximum atomic E-state index is 14.6. The molecule has 0 atom stereocenters. The van der Waals surface area contributed by atoms with E-state index in [4.69, 9.17) is 4.74 Å². The van der Waals surface area contributed by atoms with E-state index in [0.717, 1.165) is 54.2 Å². The van der Waals surface area contributed by atoms with Crippen LogP contribution in [-0.2, 0) is 11.3 Å². The molecular formula is C31H30F3N3O2. The summed E-state index contributed by atoms with van der Waals surface area (Å²) in [5.74, 6) is -3.08. The minimum absolute atomic E-state index is 0.0324. The molecule has 39 heavy (non-hydrogen) atoms. The van der Waals surface area contributed by atoms with Gasteiger partial charge in [0.1, 0.15) is 11.4 Å². The number of benzene rings is 3. The predicted molar refractivity (Wildman–Crippen MR) is 145 cm³/mol. The third-order valence-electron chi connectivity index (χ3n) is 7.99. The molecule has 8 heteroatoms. The van der Waals surface area contributed by atoms with Crippen LogP contribution in [0, 0.1) is 17.5 Å². The number of hydrogen-bond donors (Lipinski definition) is 0. The first-order valence-electron chi connectivity index (χ1n) is 13.3. The second kappa shape index (κ2) is 9.75. The number of fused-ring (bicyclic) bond motifs is 1. The van der Waals surface area contributed by atoms with Crippen LogP contribution < -0.4 is 4.90 Å². The van der Waals surface area contributed by atoms with Gasteiger partial charge < -0.3 is 9.30 Å². The number of nitrogens with zero attached hydrogens (tertiary/aromatic N) is 3. The van der Waals surface area contributed by atoms with Gasteiger partial charge in [0, 0.05) is 72.9 Å². The Kier molecular flexibility index (Phi) is 6.38. The first-order valence-corrected chi connectivity index (χ1v) is 13.3. The molecule has 2 fully saturated rings. The zero-order valence-electron chi connectivity index (χ0n) is 22.0. The van der Waals surface area contributed by atoms with E-state index in [1.54, 1.807) is 11.0 Å². The number of halogens is 3. The highest BCUT2D eigenvalue weighted by Gasteiger charge is 2.47. The maximum Gasteiger partial charge on any atom is 0.415 e. The van der Waals surface area contributed by atoms with Crippen LogP contribution in [0.2, 0.25) is 0 Å². The number of carbonyl (C=O) groups is 1. The largest absolute Gasteiger partial charge is 0.441 e. The quantitative estimate of drug-likeness (QED) is 0.253. The van der Waals surface area contributed by atoms with Gasteiger partial charge in [0.2, 0.25) is 0 Å². The van der Waals surface area contributed by atoms with E-state index in [1.807, 2.05) is 42.5 Å². The Labute approximate surface area is 225 Å². The van der Waals surface area contributed by atoms with E-state index in [1.165, 1.54) is 0 Å². The average Bonchev–Trinajstić information content (AvgIpc) is 3.45. The van der Waals surface area contributed by atoms with E-state index >= 15 is 0 Å². The molecule has 0 bridgehead atoms. The SMILES string of the molecule is CC(C)n1cc(CN2CCC3(CC2)CN(c2ccccc2)C(=O)O3)c2cc(-c3cc(F)c(F)cc3F)ccc21. The second-order valence-corrected chi connectivity index (χ2v) is 10.9. The number of hydrogen-bond acceptors (Lipinski definition) is 3. The molecule has 0 radical (unpaired) electrons. The molecule has 0 saturated carbocycles. The van der Waals surface area contributed by atoms with Crippen LogP contribution >= 0.6 is 0 Å². The van der Waals surface area contributed by atoms with Crippen molar-refractivity contribution >= 4 is 22.7 Å². The third kappa shape index (κ3) is 4.67. The van der Waals surface area contributed by atoms with Crippen molar-refractivity contribution in [3.8, 4) is 11.1 Å². The molecule has 5 nitrogen and oxygen atoms in total. The van der Waals surface area contributed by atoms with Crippen molar-refractivity contribution in [3.05, 3.63) is 89.9 Å². The monoisotopic (exact) mass is 533 g/mol. The van der Waals surface area contributed by atoms with Gasteiger partial charge in [-0.3, -0.25) is 9.80 Å². The van der Waals surface area contributed by atoms with E-state index in [2.05, 4.69) is 29.5 Å². The number of likely N-dealkylation sites (tertiary alicyclic amines) is 1. The van der Waals surface area contributed by atoms with Crippen LogP contribution in [0.15, 0.2) is 66.9 Å². The van der Waals surface area contributed by atoms with Crippen molar-refractivity contribution in [2.24, 2.45) is 0 Å². The molecule has 0 aliphatic carbocycles. The summed E-state index contributed by atoms with van der Waals surface area (Å²) < 4.78 is 50.1. The van der Waals surface area contributed by atoms with Crippen LogP contribution in [0.1, 0.15) is 38.3 Å². The first-order chi connectivity index (χ1) is 18.7. The Bertz CT molecular complexity index is 1540. The Balaban J connectivity index is 1.24. The summed E-state index contributed by atoms with van der Waals surface area (Å²) in [7, 11) is 0. The van der Waals surface area contributed by atoms with Gasteiger partial charge in [-0.15, -0.1) is 0 Å². The van der Waals surface area contributed by atoms with Gasteiger partial charge in [0.15, 0.2) is 11.6 Å². The van der Waals surface area contributed by atoms with Gasteiger partial charge in [-0.05, 0) is 55.3 Å². The number of amides is 1. The molecule has 0 unspecified atom stereocenters. The summed E-state index contributed by atoms with van der Waals surface area (Å²) in [5, 5.41) is 0.952. The summed E-state index contributed by atoms with van der Waals surface area (Å²) in [4.78, 5) is 16.7. The Morgan fingerprint density at radius 1 is 0.923 bits per heavy atom. The van der Waals surface area contributed by atoms with E-state index < -0.39 is 23.1 Å². The molecule has 1 amide bonds. The minimum Gasteiger partial charge on any atom is -0.441 e. The van der Waals surface area contributed by atoms with E-state index in [-0.39, 0.29) is 17.7 Å². The molecule has 1 spiro atoms. The normalized spacial score (nSPS) is 17.5. The topological polar surface area (TPSA) is 37.7 Å². The van der Waals surface area contributed by atoms with Gasteiger partial charge >= 0.3 is 6.09 Å². The van der Waals surface area contributed by atoms with Crippen LogP contribution in [0.4, 0.5) is 23.7 Å². The number of anilines is 1. The fourth-order valence-electron chi connectivity index (χ4n) is 5.84. The lowest BCUT2D eigenvalue weighted by molar-refractivity contribution is -0.000891. The molecular weight excluding hydrogens is 503 g/mol. The number of ether oxygens (including phenoxy) is 1. The van der Waals surface area contributed by atoms with Crippen molar-refractivity contribution in [3.63, 3.8) is 0 Å². The zero-order valence-corrected chi connectivity index (χ0v) is 22.0. The first kappa shape index (κ1) is 25.5. The fraction of sp³-hybridized carbons (Fsp3) is 0.323. The minimum atomic E-state index is -1.20. The van der Waals surface area contributed by atoms with Gasteiger partial charge in [0.05, 0.1) is 6.54 Å². The maximum absolute atomic E-state index is 14.6. The number of para-hydroxylation sites is 1. The highest BCUT2D eigenvalue weighted by Crippen LogP contribution is 2.37. The van der Waals surface area contributed by atoms with Gasteiger partial charge in [0.25, 0.3) is 0 Å². The average molecular weight is 534 g/mol. The highest BCUT2D eigenvalue weighted by molar-refractivity contribution is 5.90. The smallest absolute Gasteiger partial charge is 0.415 e. The number of aromatic nitrogens is 1. The number of carbonyl (C=O) groups excluding carboxylic acids is 1. The Morgan fingerprint density at radius 2 is 1.64 bits per heavy atom. The fourth-order valence-corrected chi connectivity index (χ4v) is 5.84. The van der Waals surface area contributed by atoms with E-state index in [0.29, 0.717) is 24.7 Å². The highest BCUT2D eigenvalue weighted by atomic mass is 19.2. The third-order valence-corrected chi connectivity index (χ3v) is 7.99. The van der Waals surface area contributed by atoms with Crippen LogP contribution in [0.3, 0.4) is 0 Å². The summed E-state index contributed by atoms with van der Waals surface area (Å²) in [6.45, 7) is 6.95. The lowest BCUT2D eigenvalue weighted by atomic mass is 9.91. The summed E-state index contributed by atoms with van der Waals surface area (Å²) in [6.07, 6.45) is 3.29. The molecule has 4 aromatic rings. The Hall–Kier alpha value is -3.78. The summed E-state index contributed by atoms with van der Waals surface area (Å²) in [5.41, 5.74) is 2.96. The molecule has 6 rings (SSSR count). The van der Waals surface area contributed by atoms with Crippen LogP contribution in [0.5, 0.6) is 0 Å². The van der Waals surface area contributed by atoms with Crippen molar-refractivity contribution in [2.45, 2.75) is 44.9 Å². The van der Waals surface area contributed by atoms with Gasteiger partial charge in [-0.1, -0.05) is 24.3 Å². The lowest BCUT2D eigenvalue weighted by Crippen LogP contribution is -2.46. The van der Waals surface area contributed by atoms with E-state index in [9.17, 15) is 18.0 Å². The molecule has 2 aliphatic rings. The molecule has 3 aromatic carbocycles. The van der Waals surface area contributed by atoms with Gasteiger partial charge in [-0.25, -0.2) is 18.0 Å². The standard InChI is InChI=1S/C31H30F3N3O2/c1-20(2)36-18-22(25-14-21(8-9-29(25)36)24-15-27(33)28(34)16-26(24)32)17-35-12-10-31(11-13-35)19-37(30(38)39-31)23-6-4-3-5-7-23/h3-9,14-16,18,20H,10-13,17,19H2,1-2H3. The summed E-state index contributed by atoms with van der Waals surface area (Å²) >= 11 is 0. The molecule has 2 aliphatic heterocycles. The molecule has 1 aromatic heterocycles. The molecule has 202 valence electrons. The number of rotatable bonds is 5. The Morgan fingerprint density at radius 3 is 2.36 bits per heavy atom. The van der Waals surface area contributed by atoms with Crippen molar-refractivity contribution in [2.75, 3.05) is 24.5 Å². The molecule has 0 N–H and O–H groups in total. The van der Waals surface area contributed by atoms with Crippen molar-refractivity contribution < 1.29 is 22.7 Å². The molecule has 2 saturated heterocycles. The van der Waals surface area contributed by atoms with Crippen molar-refractivity contribution in [1.29, 1.82) is 0 Å². The van der Waals surface area contributed by atoms with Crippen LogP contribution in [-0.4, -0.2) is 40.8 Å². The lowest BCUT2D eigenvalue weighted by Gasteiger charge is -2.37. The number of piperidine rings is 1. The molecule has 3 heterocycles. The van der Waals surface area contributed by atoms with Crippen molar-refractivity contribution in [1.82, 2.24) is 9.47 Å². The second-order valence-electron chi connectivity index (χ2n) is 10.9. The predicted octanol–water partition coefficient (Wildman–Crippen LogP) is 7.30. The summed E-state index contributed by atoms with van der Waals surface area (Å²) in [6, 6.07) is 16.8. The zero-order chi connectivity index (χ0) is 27.3. The van der Waals surface area contributed by atoms with Gasteiger partial charge in [-0.2, -0.15) is 0 Å².